The van der Waals surface area contributed by atoms with Crippen LogP contribution < -0.4 is 5.32 Å². The molecule has 1 amide bonds. The zero-order chi connectivity index (χ0) is 10.5. The van der Waals surface area contributed by atoms with Crippen molar-refractivity contribution >= 4 is 22.4 Å². The number of hydrogen-bond acceptors (Lipinski definition) is 4. The smallest absolute Gasteiger partial charge is 0.228 e. The Morgan fingerprint density at radius 2 is 2.07 bits per heavy atom. The molecule has 1 saturated carbocycles. The number of carbonyl (C=O) groups excluding carboxylic acids is 1. The van der Waals surface area contributed by atoms with E-state index in [2.05, 4.69) is 14.9 Å². The van der Waals surface area contributed by atoms with Gasteiger partial charge < -0.3 is 5.32 Å². The molecule has 1 heterocycles. The molecule has 0 atom stereocenters. The second-order valence-corrected chi connectivity index (χ2v) is 4.75. The van der Waals surface area contributed by atoms with Crippen LogP contribution in [0.1, 0.15) is 38.5 Å². The van der Waals surface area contributed by atoms with Gasteiger partial charge >= 0.3 is 0 Å². The highest BCUT2D eigenvalue weighted by atomic mass is 32.1. The molecule has 4 nitrogen and oxygen atoms in total. The average molecular weight is 225 g/mol. The molecule has 1 N–H and O–H groups in total. The van der Waals surface area contributed by atoms with Gasteiger partial charge in [0, 0.05) is 17.5 Å². The lowest BCUT2D eigenvalue weighted by molar-refractivity contribution is -0.120. The summed E-state index contributed by atoms with van der Waals surface area (Å²) < 4.78 is 3.72. The van der Waals surface area contributed by atoms with Crippen LogP contribution in [-0.4, -0.2) is 15.5 Å². The fourth-order valence-corrected chi connectivity index (χ4v) is 2.41. The third kappa shape index (κ3) is 2.99. The highest BCUT2D eigenvalue weighted by Crippen LogP contribution is 2.24. The van der Waals surface area contributed by atoms with E-state index >= 15 is 0 Å². The van der Waals surface area contributed by atoms with Crippen LogP contribution in [0, 0.1) is 5.92 Å². The van der Waals surface area contributed by atoms with E-state index in [0.717, 1.165) is 17.8 Å². The topological polar surface area (TPSA) is 54.9 Å². The third-order valence-electron chi connectivity index (χ3n) is 2.83. The Kier molecular flexibility index (Phi) is 3.66. The van der Waals surface area contributed by atoms with Gasteiger partial charge in [-0.15, -0.1) is 5.10 Å². The lowest BCUT2D eigenvalue weighted by atomic mass is 10.00. The first-order valence-electron chi connectivity index (χ1n) is 5.44. The molecule has 1 aromatic rings. The number of carbonyl (C=O) groups is 1. The molecule has 1 aromatic heterocycles. The Bertz CT molecular complexity index is 304. The maximum atomic E-state index is 11.9. The van der Waals surface area contributed by atoms with Crippen molar-refractivity contribution in [2.45, 2.75) is 38.5 Å². The predicted molar refractivity (Wildman–Crippen MR) is 59.7 cm³/mol. The Hall–Kier alpha value is -0.970. The lowest BCUT2D eigenvalue weighted by Gasteiger charge is -2.12. The summed E-state index contributed by atoms with van der Waals surface area (Å²) in [5.74, 6) is 0.331. The Labute approximate surface area is 93.2 Å². The summed E-state index contributed by atoms with van der Waals surface area (Å²) in [6, 6.07) is 0. The fourth-order valence-electron chi connectivity index (χ4n) is 1.99. The van der Waals surface area contributed by atoms with Gasteiger partial charge in [0.2, 0.25) is 5.91 Å². The van der Waals surface area contributed by atoms with Gasteiger partial charge in [-0.25, -0.2) is 0 Å². The SMILES string of the molecule is O=C(Nc1cnns1)C1CCCCCC1. The average Bonchev–Trinajstić information content (AvgIpc) is 2.58. The minimum Gasteiger partial charge on any atom is -0.315 e. The van der Waals surface area contributed by atoms with Crippen LogP contribution in [0.3, 0.4) is 0 Å². The molecular weight excluding hydrogens is 210 g/mol. The van der Waals surface area contributed by atoms with E-state index in [4.69, 9.17) is 0 Å². The van der Waals surface area contributed by atoms with Crippen molar-refractivity contribution in [1.82, 2.24) is 9.59 Å². The van der Waals surface area contributed by atoms with Crippen LogP contribution >= 0.6 is 11.5 Å². The molecule has 0 aromatic carbocycles. The van der Waals surface area contributed by atoms with Gasteiger partial charge in [-0.05, 0) is 12.8 Å². The predicted octanol–water partition coefficient (Wildman–Crippen LogP) is 2.45. The Balaban J connectivity index is 1.89. The zero-order valence-corrected chi connectivity index (χ0v) is 9.42. The number of aromatic nitrogens is 2. The van der Waals surface area contributed by atoms with Crippen molar-refractivity contribution in [2.24, 2.45) is 5.92 Å². The highest BCUT2D eigenvalue weighted by Gasteiger charge is 2.20. The largest absolute Gasteiger partial charge is 0.315 e. The second kappa shape index (κ2) is 5.21. The number of nitrogens with one attached hydrogen (secondary N) is 1. The molecule has 0 aliphatic heterocycles. The van der Waals surface area contributed by atoms with E-state index in [1.54, 1.807) is 6.20 Å². The number of amides is 1. The van der Waals surface area contributed by atoms with Gasteiger partial charge in [0.05, 0.1) is 6.20 Å². The van der Waals surface area contributed by atoms with E-state index in [1.165, 1.54) is 37.2 Å². The zero-order valence-electron chi connectivity index (χ0n) is 8.61. The molecule has 1 fully saturated rings. The number of rotatable bonds is 2. The molecule has 0 unspecified atom stereocenters. The van der Waals surface area contributed by atoms with Gasteiger partial charge in [-0.1, -0.05) is 30.2 Å². The summed E-state index contributed by atoms with van der Waals surface area (Å²) in [6.45, 7) is 0. The van der Waals surface area contributed by atoms with Crippen LogP contribution in [-0.2, 0) is 4.79 Å². The summed E-state index contributed by atoms with van der Waals surface area (Å²) >= 11 is 1.23. The third-order valence-corrected chi connectivity index (χ3v) is 3.41. The van der Waals surface area contributed by atoms with Crippen molar-refractivity contribution in [3.8, 4) is 0 Å². The Morgan fingerprint density at radius 1 is 1.33 bits per heavy atom. The number of anilines is 1. The van der Waals surface area contributed by atoms with Gasteiger partial charge in [-0.3, -0.25) is 4.79 Å². The number of nitrogens with zero attached hydrogens (tertiary/aromatic N) is 2. The monoisotopic (exact) mass is 225 g/mol. The Morgan fingerprint density at radius 3 is 2.67 bits per heavy atom. The van der Waals surface area contributed by atoms with E-state index in [1.807, 2.05) is 0 Å². The van der Waals surface area contributed by atoms with Gasteiger partial charge in [0.1, 0.15) is 5.00 Å². The van der Waals surface area contributed by atoms with Crippen LogP contribution in [0.4, 0.5) is 5.00 Å². The van der Waals surface area contributed by atoms with Crippen molar-refractivity contribution in [1.29, 1.82) is 0 Å². The molecular formula is C10H15N3OS. The van der Waals surface area contributed by atoms with Crippen LogP contribution in [0.15, 0.2) is 6.20 Å². The molecule has 0 bridgehead atoms. The molecule has 1 aliphatic carbocycles. The fraction of sp³-hybridized carbons (Fsp3) is 0.700. The number of hydrogen-bond donors (Lipinski definition) is 1. The maximum Gasteiger partial charge on any atom is 0.228 e. The van der Waals surface area contributed by atoms with Crippen molar-refractivity contribution < 1.29 is 4.79 Å². The molecule has 0 saturated heterocycles. The van der Waals surface area contributed by atoms with E-state index < -0.39 is 0 Å². The second-order valence-electron chi connectivity index (χ2n) is 3.96. The van der Waals surface area contributed by atoms with Crippen LogP contribution in [0.5, 0.6) is 0 Å². The minimum atomic E-state index is 0.142. The molecule has 5 heteroatoms. The molecule has 15 heavy (non-hydrogen) atoms. The summed E-state index contributed by atoms with van der Waals surface area (Å²) in [4.78, 5) is 11.9. The minimum absolute atomic E-state index is 0.142. The van der Waals surface area contributed by atoms with Crippen LogP contribution in [0.2, 0.25) is 0 Å². The molecule has 0 spiro atoms. The summed E-state index contributed by atoms with van der Waals surface area (Å²) in [5.41, 5.74) is 0. The van der Waals surface area contributed by atoms with Crippen molar-refractivity contribution in [3.63, 3.8) is 0 Å². The summed E-state index contributed by atoms with van der Waals surface area (Å²) in [5, 5.41) is 7.32. The molecule has 0 radical (unpaired) electrons. The van der Waals surface area contributed by atoms with E-state index in [9.17, 15) is 4.79 Å². The molecule has 2 rings (SSSR count). The lowest BCUT2D eigenvalue weighted by Crippen LogP contribution is -2.21. The van der Waals surface area contributed by atoms with Crippen molar-refractivity contribution in [3.05, 3.63) is 6.20 Å². The van der Waals surface area contributed by atoms with E-state index in [0.29, 0.717) is 0 Å². The summed E-state index contributed by atoms with van der Waals surface area (Å²) in [7, 11) is 0. The standard InChI is InChI=1S/C10H15N3OS/c14-10(12-9-7-11-13-15-9)8-5-3-1-2-4-6-8/h7-8H,1-6H2,(H,12,14). The summed E-state index contributed by atoms with van der Waals surface area (Å²) in [6.07, 6.45) is 8.55. The normalized spacial score (nSPS) is 18.4. The highest BCUT2D eigenvalue weighted by molar-refractivity contribution is 7.10. The quantitative estimate of drug-likeness (QED) is 0.786. The first kappa shape index (κ1) is 10.5. The molecule has 82 valence electrons. The maximum absolute atomic E-state index is 11.9. The van der Waals surface area contributed by atoms with Gasteiger partial charge in [0.25, 0.3) is 0 Å². The molecule has 1 aliphatic rings. The first-order chi connectivity index (χ1) is 7.36. The van der Waals surface area contributed by atoms with E-state index in [-0.39, 0.29) is 11.8 Å². The first-order valence-corrected chi connectivity index (χ1v) is 6.22. The van der Waals surface area contributed by atoms with Crippen molar-refractivity contribution in [2.75, 3.05) is 5.32 Å². The van der Waals surface area contributed by atoms with Gasteiger partial charge in [-0.2, -0.15) is 0 Å². The van der Waals surface area contributed by atoms with Crippen LogP contribution in [0.25, 0.3) is 0 Å². The van der Waals surface area contributed by atoms with Gasteiger partial charge in [0.15, 0.2) is 0 Å².